The van der Waals surface area contributed by atoms with Crippen LogP contribution in [0.4, 0.5) is 10.7 Å². The molecule has 1 unspecified atom stereocenters. The van der Waals surface area contributed by atoms with E-state index in [9.17, 15) is 10.1 Å². The molecule has 112 valence electrons. The molecule has 0 radical (unpaired) electrons. The van der Waals surface area contributed by atoms with E-state index in [4.69, 9.17) is 5.73 Å². The van der Waals surface area contributed by atoms with E-state index >= 15 is 0 Å². The summed E-state index contributed by atoms with van der Waals surface area (Å²) in [6, 6.07) is 2.52. The number of carbonyl (C=O) groups excluding carboxylic acids is 1. The monoisotopic (exact) mass is 304 g/mol. The van der Waals surface area contributed by atoms with Gasteiger partial charge in [-0.1, -0.05) is 0 Å². The largest absolute Gasteiger partial charge is 0.396 e. The fourth-order valence-electron chi connectivity index (χ4n) is 2.90. The Morgan fingerprint density at radius 1 is 1.43 bits per heavy atom. The molecule has 6 heteroatoms. The van der Waals surface area contributed by atoms with Gasteiger partial charge in [0.05, 0.1) is 10.6 Å². The Bertz CT molecular complexity index is 614. The highest BCUT2D eigenvalue weighted by molar-refractivity contribution is 7.19. The minimum absolute atomic E-state index is 0.127. The Balaban J connectivity index is 1.96. The highest BCUT2D eigenvalue weighted by atomic mass is 32.1. The molecule has 0 amide bonds. The van der Waals surface area contributed by atoms with Crippen LogP contribution >= 0.6 is 11.3 Å². The minimum Gasteiger partial charge on any atom is -0.396 e. The molecule has 1 saturated heterocycles. The van der Waals surface area contributed by atoms with Crippen LogP contribution in [-0.4, -0.2) is 43.4 Å². The van der Waals surface area contributed by atoms with E-state index in [2.05, 4.69) is 29.8 Å². The maximum absolute atomic E-state index is 12.3. The molecule has 1 atom stereocenters. The lowest BCUT2D eigenvalue weighted by Crippen LogP contribution is -2.50. The number of hydrogen-bond acceptors (Lipinski definition) is 6. The number of hydrogen-bond donors (Lipinski definition) is 1. The molecular formula is C15H20N4OS. The van der Waals surface area contributed by atoms with Gasteiger partial charge in [-0.2, -0.15) is 5.26 Å². The minimum atomic E-state index is 0.127. The van der Waals surface area contributed by atoms with Crippen molar-refractivity contribution in [3.8, 4) is 6.07 Å². The fraction of sp³-hybridized carbons (Fsp3) is 0.600. The molecule has 0 bridgehead atoms. The van der Waals surface area contributed by atoms with Crippen molar-refractivity contribution in [3.05, 3.63) is 10.4 Å². The zero-order valence-corrected chi connectivity index (χ0v) is 13.2. The van der Waals surface area contributed by atoms with Crippen LogP contribution in [0.3, 0.4) is 0 Å². The summed E-state index contributed by atoms with van der Waals surface area (Å²) >= 11 is 1.41. The molecule has 1 aliphatic heterocycles. The quantitative estimate of drug-likeness (QED) is 0.864. The van der Waals surface area contributed by atoms with Crippen LogP contribution in [0.25, 0.3) is 0 Å². The van der Waals surface area contributed by atoms with Gasteiger partial charge in [-0.05, 0) is 26.8 Å². The van der Waals surface area contributed by atoms with Gasteiger partial charge in [0.15, 0.2) is 5.78 Å². The van der Waals surface area contributed by atoms with Crippen molar-refractivity contribution >= 4 is 27.8 Å². The molecule has 1 aliphatic carbocycles. The van der Waals surface area contributed by atoms with Gasteiger partial charge >= 0.3 is 0 Å². The highest BCUT2D eigenvalue weighted by Crippen LogP contribution is 2.43. The number of nitrogen functional groups attached to an aromatic ring is 1. The van der Waals surface area contributed by atoms with Gasteiger partial charge in [-0.15, -0.1) is 11.3 Å². The first-order valence-corrected chi connectivity index (χ1v) is 8.16. The van der Waals surface area contributed by atoms with Gasteiger partial charge in [-0.25, -0.2) is 0 Å². The summed E-state index contributed by atoms with van der Waals surface area (Å²) in [6.07, 6.45) is 1.91. The molecule has 3 rings (SSSR count). The zero-order valence-electron chi connectivity index (χ0n) is 12.4. The van der Waals surface area contributed by atoms with Crippen LogP contribution in [0.15, 0.2) is 0 Å². The summed E-state index contributed by atoms with van der Waals surface area (Å²) in [5, 5.41) is 10.3. The van der Waals surface area contributed by atoms with Crippen molar-refractivity contribution < 1.29 is 4.79 Å². The number of piperazine rings is 1. The molecule has 2 N–H and O–H groups in total. The van der Waals surface area contributed by atoms with E-state index in [0.717, 1.165) is 37.5 Å². The van der Waals surface area contributed by atoms with Crippen LogP contribution in [0.5, 0.6) is 0 Å². The molecule has 1 saturated carbocycles. The summed E-state index contributed by atoms with van der Waals surface area (Å²) in [5.41, 5.74) is 6.97. The predicted octanol–water partition coefficient (Wildman–Crippen LogP) is 1.93. The number of nitriles is 1. The van der Waals surface area contributed by atoms with Gasteiger partial charge in [0, 0.05) is 31.6 Å². The molecule has 2 fully saturated rings. The summed E-state index contributed by atoms with van der Waals surface area (Å²) in [4.78, 5) is 17.4. The van der Waals surface area contributed by atoms with Crippen LogP contribution in [0.1, 0.15) is 35.0 Å². The highest BCUT2D eigenvalue weighted by Gasteiger charge is 2.35. The molecular weight excluding hydrogens is 284 g/mol. The summed E-state index contributed by atoms with van der Waals surface area (Å²) < 4.78 is 0. The third-order valence-electron chi connectivity index (χ3n) is 4.30. The smallest absolute Gasteiger partial charge is 0.178 e. The van der Waals surface area contributed by atoms with E-state index in [0.29, 0.717) is 22.2 Å². The van der Waals surface area contributed by atoms with Crippen LogP contribution in [-0.2, 0) is 0 Å². The topological polar surface area (TPSA) is 73.4 Å². The maximum atomic E-state index is 12.3. The van der Waals surface area contributed by atoms with Gasteiger partial charge in [0.2, 0.25) is 0 Å². The maximum Gasteiger partial charge on any atom is 0.178 e. The number of likely N-dealkylation sites (N-methyl/N-ethyl adjacent to an activating group) is 1. The van der Waals surface area contributed by atoms with Crippen molar-refractivity contribution in [1.82, 2.24) is 4.90 Å². The molecule has 21 heavy (non-hydrogen) atoms. The molecule has 1 aromatic rings. The first-order valence-electron chi connectivity index (χ1n) is 7.34. The third kappa shape index (κ3) is 2.52. The molecule has 5 nitrogen and oxygen atoms in total. The van der Waals surface area contributed by atoms with E-state index < -0.39 is 0 Å². The SMILES string of the molecule is CC1CN(C)CCN1c1sc(C(=O)C2CC2)c(N)c1C#N. The van der Waals surface area contributed by atoms with Crippen molar-refractivity contribution in [3.63, 3.8) is 0 Å². The second-order valence-electron chi connectivity index (χ2n) is 6.08. The fourth-order valence-corrected chi connectivity index (χ4v) is 4.22. The average Bonchev–Trinajstić information content (AvgIpc) is 3.23. The number of carbonyl (C=O) groups is 1. The summed E-state index contributed by atoms with van der Waals surface area (Å²) in [6.45, 7) is 4.92. The van der Waals surface area contributed by atoms with Crippen molar-refractivity contribution in [1.29, 1.82) is 5.26 Å². The molecule has 0 aromatic carbocycles. The molecule has 1 aromatic heterocycles. The first kappa shape index (κ1) is 14.4. The second-order valence-corrected chi connectivity index (χ2v) is 7.08. The Labute approximate surface area is 128 Å². The number of ketones is 1. The number of anilines is 2. The van der Waals surface area contributed by atoms with E-state index in [1.54, 1.807) is 0 Å². The van der Waals surface area contributed by atoms with Crippen molar-refractivity contribution in [2.75, 3.05) is 37.3 Å². The van der Waals surface area contributed by atoms with Crippen molar-refractivity contribution in [2.24, 2.45) is 5.92 Å². The van der Waals surface area contributed by atoms with Gasteiger partial charge < -0.3 is 15.5 Å². The number of Topliss-reactive ketones (excluding diaryl/α,β-unsaturated/α-hetero) is 1. The van der Waals surface area contributed by atoms with Crippen LogP contribution < -0.4 is 10.6 Å². The van der Waals surface area contributed by atoms with Gasteiger partial charge in [0.1, 0.15) is 16.6 Å². The Morgan fingerprint density at radius 2 is 2.14 bits per heavy atom. The van der Waals surface area contributed by atoms with E-state index in [1.165, 1.54) is 11.3 Å². The van der Waals surface area contributed by atoms with Crippen LogP contribution in [0.2, 0.25) is 0 Å². The lowest BCUT2D eigenvalue weighted by molar-refractivity contribution is 0.0972. The summed E-state index contributed by atoms with van der Waals surface area (Å²) in [5.74, 6) is 0.261. The third-order valence-corrected chi connectivity index (χ3v) is 5.56. The second kappa shape index (κ2) is 5.32. The van der Waals surface area contributed by atoms with E-state index in [1.807, 2.05) is 0 Å². The number of rotatable bonds is 3. The normalized spacial score (nSPS) is 23.1. The Kier molecular flexibility index (Phi) is 3.64. The lowest BCUT2D eigenvalue weighted by Gasteiger charge is -2.39. The van der Waals surface area contributed by atoms with Gasteiger partial charge in [-0.3, -0.25) is 4.79 Å². The van der Waals surface area contributed by atoms with Gasteiger partial charge in [0.25, 0.3) is 0 Å². The average molecular weight is 304 g/mol. The summed E-state index contributed by atoms with van der Waals surface area (Å²) in [7, 11) is 2.10. The lowest BCUT2D eigenvalue weighted by atomic mass is 10.1. The Morgan fingerprint density at radius 3 is 2.71 bits per heavy atom. The van der Waals surface area contributed by atoms with Crippen LogP contribution in [0, 0.1) is 17.2 Å². The standard InChI is InChI=1S/C15H20N4OS/c1-9-8-18(2)5-6-19(9)15-11(7-16)12(17)14(21-15)13(20)10-3-4-10/h9-10H,3-6,8,17H2,1-2H3. The predicted molar refractivity (Wildman–Crippen MR) is 84.8 cm³/mol. The number of nitrogens with two attached hydrogens (primary N) is 1. The molecule has 2 heterocycles. The first-order chi connectivity index (χ1) is 10.0. The molecule has 2 aliphatic rings. The zero-order chi connectivity index (χ0) is 15.1. The van der Waals surface area contributed by atoms with E-state index in [-0.39, 0.29) is 11.7 Å². The van der Waals surface area contributed by atoms with Crippen molar-refractivity contribution in [2.45, 2.75) is 25.8 Å². The number of thiophene rings is 1. The Hall–Kier alpha value is -1.58. The number of nitrogens with zero attached hydrogens (tertiary/aromatic N) is 3. The molecule has 0 spiro atoms.